The number of nitrogens with zero attached hydrogens (tertiary/aromatic N) is 1. The molecule has 1 amide bonds. The van der Waals surface area contributed by atoms with Crippen LogP contribution >= 0.6 is 15.9 Å². The fourth-order valence-corrected chi connectivity index (χ4v) is 1.70. The van der Waals surface area contributed by atoms with E-state index in [1.165, 1.54) is 6.08 Å². The summed E-state index contributed by atoms with van der Waals surface area (Å²) in [5.41, 5.74) is 0.678. The highest BCUT2D eigenvalue weighted by atomic mass is 79.9. The second-order valence-electron chi connectivity index (χ2n) is 4.84. The highest BCUT2D eigenvalue weighted by molar-refractivity contribution is 9.10. The molecule has 0 saturated heterocycles. The van der Waals surface area contributed by atoms with E-state index < -0.39 is 11.7 Å². The quantitative estimate of drug-likeness (QED) is 0.681. The van der Waals surface area contributed by atoms with Gasteiger partial charge < -0.3 is 4.74 Å². The first-order valence-corrected chi connectivity index (χ1v) is 6.43. The van der Waals surface area contributed by atoms with Crippen molar-refractivity contribution in [2.45, 2.75) is 32.9 Å². The molecule has 1 aromatic carbocycles. The van der Waals surface area contributed by atoms with Gasteiger partial charge in [0.2, 0.25) is 6.08 Å². The number of carbonyl (C=O) groups is 1. The Morgan fingerprint density at radius 2 is 2.16 bits per heavy atom. The zero-order valence-electron chi connectivity index (χ0n) is 11.0. The molecule has 0 radical (unpaired) electrons. The minimum Gasteiger partial charge on any atom is -0.444 e. The minimum absolute atomic E-state index is 0.155. The van der Waals surface area contributed by atoms with E-state index in [2.05, 4.69) is 26.2 Å². The van der Waals surface area contributed by atoms with Crippen molar-refractivity contribution in [3.05, 3.63) is 28.2 Å². The number of rotatable bonds is 3. The van der Waals surface area contributed by atoms with Crippen molar-refractivity contribution in [2.24, 2.45) is 4.99 Å². The van der Waals surface area contributed by atoms with Gasteiger partial charge in [0.25, 0.3) is 0 Å². The van der Waals surface area contributed by atoms with Crippen LogP contribution in [0.1, 0.15) is 26.3 Å². The highest BCUT2D eigenvalue weighted by Crippen LogP contribution is 2.23. The molecule has 0 saturated carbocycles. The molecule has 0 aliphatic heterocycles. The van der Waals surface area contributed by atoms with Gasteiger partial charge in [-0.15, -0.1) is 0 Å². The zero-order chi connectivity index (χ0) is 14.5. The van der Waals surface area contributed by atoms with Crippen molar-refractivity contribution in [3.8, 4) is 0 Å². The molecule has 0 aliphatic carbocycles. The molecule has 0 atom stereocenters. The van der Waals surface area contributed by atoms with Gasteiger partial charge in [0.05, 0.1) is 12.2 Å². The van der Waals surface area contributed by atoms with E-state index >= 15 is 0 Å². The largest absolute Gasteiger partial charge is 0.444 e. The number of halogens is 1. The van der Waals surface area contributed by atoms with Gasteiger partial charge in [-0.2, -0.15) is 0 Å². The van der Waals surface area contributed by atoms with Crippen molar-refractivity contribution in [2.75, 3.05) is 5.32 Å². The maximum atomic E-state index is 11.7. The van der Waals surface area contributed by atoms with Crippen LogP contribution in [0.3, 0.4) is 0 Å². The molecule has 0 fully saturated rings. The van der Waals surface area contributed by atoms with Gasteiger partial charge in [0.1, 0.15) is 5.60 Å². The molecule has 0 heterocycles. The number of nitrogens with one attached hydrogen (secondary N) is 1. The summed E-state index contributed by atoms with van der Waals surface area (Å²) >= 11 is 3.32. The molecule has 6 heteroatoms. The number of aliphatic imine (C=N–C) groups is 1. The van der Waals surface area contributed by atoms with Crippen LogP contribution in [-0.2, 0) is 16.1 Å². The van der Waals surface area contributed by atoms with Crippen LogP contribution in [0.2, 0.25) is 0 Å². The summed E-state index contributed by atoms with van der Waals surface area (Å²) in [6, 6.07) is 5.28. The highest BCUT2D eigenvalue weighted by Gasteiger charge is 2.17. The number of carbonyl (C=O) groups excluding carboxylic acids is 2. The van der Waals surface area contributed by atoms with Crippen molar-refractivity contribution < 1.29 is 14.3 Å². The molecule has 1 rings (SSSR count). The Bertz CT molecular complexity index is 517. The first kappa shape index (κ1) is 15.4. The molecule has 0 aliphatic rings. The normalized spacial score (nSPS) is 10.5. The van der Waals surface area contributed by atoms with Crippen LogP contribution in [0, 0.1) is 0 Å². The van der Waals surface area contributed by atoms with E-state index in [1.54, 1.807) is 39.0 Å². The third-order valence-corrected chi connectivity index (χ3v) is 2.51. The molecule has 19 heavy (non-hydrogen) atoms. The third kappa shape index (κ3) is 5.68. The summed E-state index contributed by atoms with van der Waals surface area (Å²) in [6.45, 7) is 5.50. The average molecular weight is 327 g/mol. The van der Waals surface area contributed by atoms with Gasteiger partial charge in [-0.25, -0.2) is 14.6 Å². The van der Waals surface area contributed by atoms with Crippen molar-refractivity contribution in [1.29, 1.82) is 0 Å². The molecule has 0 unspecified atom stereocenters. The molecule has 0 aromatic heterocycles. The maximum Gasteiger partial charge on any atom is 0.412 e. The SMILES string of the molecule is CC(C)(C)OC(=O)Nc1cc(Br)ccc1CN=C=O. The Kier molecular flexibility index (Phi) is 5.27. The standard InChI is InChI=1S/C13H15BrN2O3/c1-13(2,3)19-12(18)16-11-6-10(14)5-4-9(11)7-15-8-17/h4-6H,7H2,1-3H3,(H,16,18). The van der Waals surface area contributed by atoms with Crippen LogP contribution < -0.4 is 5.32 Å². The Hall–Kier alpha value is -1.65. The smallest absolute Gasteiger partial charge is 0.412 e. The van der Waals surface area contributed by atoms with Crippen LogP contribution in [0.4, 0.5) is 10.5 Å². The number of isocyanates is 1. The number of amides is 1. The van der Waals surface area contributed by atoms with Gasteiger partial charge >= 0.3 is 6.09 Å². The Labute approximate surface area is 120 Å². The van der Waals surface area contributed by atoms with E-state index in [4.69, 9.17) is 4.74 Å². The fourth-order valence-electron chi connectivity index (χ4n) is 1.33. The van der Waals surface area contributed by atoms with Gasteiger partial charge in [0, 0.05) is 4.47 Å². The van der Waals surface area contributed by atoms with Crippen molar-refractivity contribution in [1.82, 2.24) is 0 Å². The predicted molar refractivity (Wildman–Crippen MR) is 75.8 cm³/mol. The van der Waals surface area contributed by atoms with E-state index in [9.17, 15) is 9.59 Å². The number of ether oxygens (including phenoxy) is 1. The zero-order valence-corrected chi connectivity index (χ0v) is 12.6. The number of benzene rings is 1. The number of hydrogen-bond donors (Lipinski definition) is 1. The molecule has 1 aromatic rings. The van der Waals surface area contributed by atoms with Crippen molar-refractivity contribution >= 4 is 33.8 Å². The maximum absolute atomic E-state index is 11.7. The number of anilines is 1. The monoisotopic (exact) mass is 326 g/mol. The average Bonchev–Trinajstić information content (AvgIpc) is 2.25. The lowest BCUT2D eigenvalue weighted by molar-refractivity contribution is 0.0636. The first-order valence-electron chi connectivity index (χ1n) is 5.64. The Morgan fingerprint density at radius 1 is 1.47 bits per heavy atom. The second kappa shape index (κ2) is 6.50. The van der Waals surface area contributed by atoms with E-state index in [1.807, 2.05) is 0 Å². The molecular formula is C13H15BrN2O3. The van der Waals surface area contributed by atoms with Gasteiger partial charge in [-0.3, -0.25) is 5.32 Å². The van der Waals surface area contributed by atoms with E-state index in [0.29, 0.717) is 11.3 Å². The van der Waals surface area contributed by atoms with Gasteiger partial charge in [-0.05, 0) is 38.5 Å². The molecule has 0 spiro atoms. The summed E-state index contributed by atoms with van der Waals surface area (Å²) < 4.78 is 5.97. The summed E-state index contributed by atoms with van der Waals surface area (Å²) in [7, 11) is 0. The first-order chi connectivity index (χ1) is 8.81. The topological polar surface area (TPSA) is 67.8 Å². The lowest BCUT2D eigenvalue weighted by Crippen LogP contribution is -2.27. The summed E-state index contributed by atoms with van der Waals surface area (Å²) in [5.74, 6) is 0. The van der Waals surface area contributed by atoms with Crippen LogP contribution in [0.5, 0.6) is 0 Å². The van der Waals surface area contributed by atoms with Crippen molar-refractivity contribution in [3.63, 3.8) is 0 Å². The van der Waals surface area contributed by atoms with Gasteiger partial charge in [-0.1, -0.05) is 22.0 Å². The van der Waals surface area contributed by atoms with Crippen LogP contribution in [0.25, 0.3) is 0 Å². The predicted octanol–water partition coefficient (Wildman–Crippen LogP) is 3.63. The summed E-state index contributed by atoms with van der Waals surface area (Å²) in [6.07, 6.45) is 0.915. The number of hydrogen-bond acceptors (Lipinski definition) is 4. The molecule has 1 N–H and O–H groups in total. The third-order valence-electron chi connectivity index (χ3n) is 2.02. The Morgan fingerprint density at radius 3 is 2.74 bits per heavy atom. The molecule has 5 nitrogen and oxygen atoms in total. The molecule has 0 bridgehead atoms. The van der Waals surface area contributed by atoms with Crippen LogP contribution in [0.15, 0.2) is 27.7 Å². The summed E-state index contributed by atoms with van der Waals surface area (Å²) in [5, 5.41) is 2.64. The lowest BCUT2D eigenvalue weighted by atomic mass is 10.2. The molecule has 102 valence electrons. The van der Waals surface area contributed by atoms with E-state index in [0.717, 1.165) is 4.47 Å². The summed E-state index contributed by atoms with van der Waals surface area (Å²) in [4.78, 5) is 25.4. The van der Waals surface area contributed by atoms with E-state index in [-0.39, 0.29) is 6.54 Å². The lowest BCUT2D eigenvalue weighted by Gasteiger charge is -2.20. The second-order valence-corrected chi connectivity index (χ2v) is 5.75. The van der Waals surface area contributed by atoms with Crippen LogP contribution in [-0.4, -0.2) is 17.8 Å². The fraction of sp³-hybridized carbons (Fsp3) is 0.385. The Balaban J connectivity index is 2.89. The molecular weight excluding hydrogens is 312 g/mol. The minimum atomic E-state index is -0.572. The van der Waals surface area contributed by atoms with Gasteiger partial charge in [0.15, 0.2) is 0 Å².